The molecular weight excluding hydrogens is 354 g/mol. The zero-order valence-electron chi connectivity index (χ0n) is 16.1. The van der Waals surface area contributed by atoms with Gasteiger partial charge in [-0.15, -0.1) is 0 Å². The summed E-state index contributed by atoms with van der Waals surface area (Å²) >= 11 is 0. The van der Waals surface area contributed by atoms with Gasteiger partial charge in [0.2, 0.25) is 0 Å². The standard InChI is InChI=1S/C21H25N5O2/c1-2-3-10-24-13-9-22-19(24)16-7-6-11-25(15-16)20(27)17-14-23-18-8-4-5-12-26(18)21(17)28/h4-5,8-9,12-14,16H,2-3,6-7,10-11,15H2,1H3/t16-/m1/s1. The molecule has 1 aliphatic rings. The van der Waals surface area contributed by atoms with E-state index in [1.807, 2.05) is 18.5 Å². The molecular formula is C21H25N5O2. The van der Waals surface area contributed by atoms with Gasteiger partial charge in [-0.2, -0.15) is 0 Å². The summed E-state index contributed by atoms with van der Waals surface area (Å²) in [6.45, 7) is 4.36. The van der Waals surface area contributed by atoms with Crippen LogP contribution in [0.25, 0.3) is 5.65 Å². The van der Waals surface area contributed by atoms with Crippen molar-refractivity contribution in [2.24, 2.45) is 0 Å². The highest BCUT2D eigenvalue weighted by Crippen LogP contribution is 2.26. The first-order chi connectivity index (χ1) is 13.7. The predicted octanol–water partition coefficient (Wildman–Crippen LogP) is 2.71. The van der Waals surface area contributed by atoms with E-state index in [-0.39, 0.29) is 22.9 Å². The normalized spacial score (nSPS) is 17.2. The first-order valence-electron chi connectivity index (χ1n) is 9.95. The fourth-order valence-corrected chi connectivity index (χ4v) is 3.91. The number of nitrogens with zero attached hydrogens (tertiary/aromatic N) is 5. The SMILES string of the molecule is CCCCn1ccnc1[C@@H]1CCCN(C(=O)c2cnc3ccccn3c2=O)C1. The summed E-state index contributed by atoms with van der Waals surface area (Å²) in [6.07, 6.45) is 11.1. The first-order valence-corrected chi connectivity index (χ1v) is 9.95. The molecule has 28 heavy (non-hydrogen) atoms. The van der Waals surface area contributed by atoms with Crippen LogP contribution in [0.3, 0.4) is 0 Å². The Bertz CT molecular complexity index is 1040. The number of aryl methyl sites for hydroxylation is 1. The Morgan fingerprint density at radius 3 is 3.00 bits per heavy atom. The lowest BCUT2D eigenvalue weighted by molar-refractivity contribution is 0.0701. The van der Waals surface area contributed by atoms with E-state index in [2.05, 4.69) is 21.5 Å². The van der Waals surface area contributed by atoms with Gasteiger partial charge in [-0.1, -0.05) is 19.4 Å². The van der Waals surface area contributed by atoms with Crippen LogP contribution < -0.4 is 5.56 Å². The van der Waals surface area contributed by atoms with Crippen molar-refractivity contribution in [1.29, 1.82) is 0 Å². The van der Waals surface area contributed by atoms with E-state index in [0.29, 0.717) is 18.7 Å². The van der Waals surface area contributed by atoms with E-state index in [1.165, 1.54) is 10.6 Å². The van der Waals surface area contributed by atoms with Gasteiger partial charge in [0.15, 0.2) is 0 Å². The van der Waals surface area contributed by atoms with Gasteiger partial charge in [-0.3, -0.25) is 14.0 Å². The number of hydrogen-bond donors (Lipinski definition) is 0. The number of unbranched alkanes of at least 4 members (excludes halogenated alkanes) is 1. The van der Waals surface area contributed by atoms with Crippen LogP contribution in [0.15, 0.2) is 47.8 Å². The van der Waals surface area contributed by atoms with Crippen LogP contribution in [0.1, 0.15) is 54.7 Å². The molecule has 7 nitrogen and oxygen atoms in total. The minimum absolute atomic E-state index is 0.124. The van der Waals surface area contributed by atoms with Crippen molar-refractivity contribution < 1.29 is 4.79 Å². The van der Waals surface area contributed by atoms with Crippen LogP contribution in [0.2, 0.25) is 0 Å². The van der Waals surface area contributed by atoms with Crippen molar-refractivity contribution in [2.75, 3.05) is 13.1 Å². The van der Waals surface area contributed by atoms with Gasteiger partial charge in [0.1, 0.15) is 17.0 Å². The van der Waals surface area contributed by atoms with E-state index in [1.54, 1.807) is 23.2 Å². The van der Waals surface area contributed by atoms with Crippen LogP contribution in [-0.2, 0) is 6.54 Å². The van der Waals surface area contributed by atoms with E-state index in [4.69, 9.17) is 0 Å². The number of carbonyl (C=O) groups is 1. The molecule has 1 aliphatic heterocycles. The Hall–Kier alpha value is -2.96. The molecule has 0 N–H and O–H groups in total. The van der Waals surface area contributed by atoms with Gasteiger partial charge in [-0.25, -0.2) is 9.97 Å². The molecule has 0 bridgehead atoms. The number of fused-ring (bicyclic) bond motifs is 1. The molecule has 1 saturated heterocycles. The minimum atomic E-state index is -0.317. The van der Waals surface area contributed by atoms with Crippen molar-refractivity contribution in [3.8, 4) is 0 Å². The van der Waals surface area contributed by atoms with Gasteiger partial charge >= 0.3 is 0 Å². The maximum absolute atomic E-state index is 13.1. The Labute approximate surface area is 163 Å². The quantitative estimate of drug-likeness (QED) is 0.683. The summed E-state index contributed by atoms with van der Waals surface area (Å²) in [5, 5.41) is 0. The number of rotatable bonds is 5. The highest BCUT2D eigenvalue weighted by molar-refractivity contribution is 5.93. The number of likely N-dealkylation sites (tertiary alicyclic amines) is 1. The zero-order chi connectivity index (χ0) is 19.5. The summed E-state index contributed by atoms with van der Waals surface area (Å²) in [5.74, 6) is 0.993. The van der Waals surface area contributed by atoms with Crippen molar-refractivity contribution >= 4 is 11.6 Å². The number of hydrogen-bond acceptors (Lipinski definition) is 4. The average Bonchev–Trinajstić information content (AvgIpc) is 3.21. The Kier molecular flexibility index (Phi) is 5.23. The summed E-state index contributed by atoms with van der Waals surface area (Å²) < 4.78 is 3.63. The van der Waals surface area contributed by atoms with Gasteiger partial charge < -0.3 is 9.47 Å². The van der Waals surface area contributed by atoms with Crippen molar-refractivity contribution in [3.05, 3.63) is 64.7 Å². The van der Waals surface area contributed by atoms with Gasteiger partial charge in [-0.05, 0) is 31.4 Å². The number of aromatic nitrogens is 4. The first kappa shape index (κ1) is 18.4. The van der Waals surface area contributed by atoms with Crippen LogP contribution in [0.5, 0.6) is 0 Å². The minimum Gasteiger partial charge on any atom is -0.338 e. The lowest BCUT2D eigenvalue weighted by Crippen LogP contribution is -2.42. The monoisotopic (exact) mass is 379 g/mol. The molecule has 1 fully saturated rings. The number of pyridine rings is 1. The van der Waals surface area contributed by atoms with Crippen LogP contribution in [-0.4, -0.2) is 42.8 Å². The topological polar surface area (TPSA) is 72.5 Å². The third kappa shape index (κ3) is 3.44. The van der Waals surface area contributed by atoms with Gasteiger partial charge in [0, 0.05) is 50.3 Å². The highest BCUT2D eigenvalue weighted by atomic mass is 16.2. The molecule has 0 spiro atoms. The molecule has 4 rings (SSSR count). The smallest absolute Gasteiger partial charge is 0.270 e. The number of imidazole rings is 1. The fraction of sp³-hybridized carbons (Fsp3) is 0.429. The number of carbonyl (C=O) groups excluding carboxylic acids is 1. The summed E-state index contributed by atoms with van der Waals surface area (Å²) in [7, 11) is 0. The van der Waals surface area contributed by atoms with Crippen molar-refractivity contribution in [1.82, 2.24) is 23.8 Å². The lowest BCUT2D eigenvalue weighted by atomic mass is 9.96. The molecule has 0 saturated carbocycles. The average molecular weight is 379 g/mol. The molecule has 0 radical (unpaired) electrons. The van der Waals surface area contributed by atoms with E-state index >= 15 is 0 Å². The summed E-state index contributed by atoms with van der Waals surface area (Å²) in [4.78, 5) is 36.5. The molecule has 0 aromatic carbocycles. The molecule has 1 atom stereocenters. The van der Waals surface area contributed by atoms with Gasteiger partial charge in [0.05, 0.1) is 0 Å². The second-order valence-corrected chi connectivity index (χ2v) is 7.33. The van der Waals surface area contributed by atoms with E-state index in [0.717, 1.165) is 38.1 Å². The third-order valence-electron chi connectivity index (χ3n) is 5.42. The number of amides is 1. The summed E-state index contributed by atoms with van der Waals surface area (Å²) in [5.41, 5.74) is 0.347. The molecule has 0 aliphatic carbocycles. The maximum atomic E-state index is 13.1. The molecule has 0 unspecified atom stereocenters. The Balaban J connectivity index is 1.57. The number of piperidine rings is 1. The van der Waals surface area contributed by atoms with Crippen LogP contribution in [0.4, 0.5) is 0 Å². The molecule has 4 heterocycles. The van der Waals surface area contributed by atoms with Gasteiger partial charge in [0.25, 0.3) is 11.5 Å². The van der Waals surface area contributed by atoms with Crippen molar-refractivity contribution in [2.45, 2.75) is 45.1 Å². The third-order valence-corrected chi connectivity index (χ3v) is 5.42. The maximum Gasteiger partial charge on any atom is 0.270 e. The zero-order valence-corrected chi connectivity index (χ0v) is 16.1. The summed E-state index contributed by atoms with van der Waals surface area (Å²) in [6, 6.07) is 5.33. The van der Waals surface area contributed by atoms with Crippen molar-refractivity contribution in [3.63, 3.8) is 0 Å². The van der Waals surface area contributed by atoms with E-state index in [9.17, 15) is 9.59 Å². The second kappa shape index (κ2) is 7.96. The molecule has 7 heteroatoms. The molecule has 1 amide bonds. The highest BCUT2D eigenvalue weighted by Gasteiger charge is 2.29. The fourth-order valence-electron chi connectivity index (χ4n) is 3.91. The van der Waals surface area contributed by atoms with Crippen LogP contribution >= 0.6 is 0 Å². The molecule has 3 aromatic rings. The van der Waals surface area contributed by atoms with Crippen LogP contribution in [0, 0.1) is 0 Å². The molecule has 146 valence electrons. The lowest BCUT2D eigenvalue weighted by Gasteiger charge is -2.32. The predicted molar refractivity (Wildman–Crippen MR) is 106 cm³/mol. The largest absolute Gasteiger partial charge is 0.338 e. The molecule has 3 aromatic heterocycles. The second-order valence-electron chi connectivity index (χ2n) is 7.33. The van der Waals surface area contributed by atoms with E-state index < -0.39 is 0 Å². The Morgan fingerprint density at radius 2 is 2.14 bits per heavy atom. The Morgan fingerprint density at radius 1 is 1.25 bits per heavy atom.